The van der Waals surface area contributed by atoms with Gasteiger partial charge in [0.25, 0.3) is 6.43 Å². The van der Waals surface area contributed by atoms with Gasteiger partial charge in [-0.15, -0.1) is 0 Å². The maximum absolute atomic E-state index is 13.1. The van der Waals surface area contributed by atoms with E-state index in [9.17, 15) is 8.78 Å². The van der Waals surface area contributed by atoms with Gasteiger partial charge in [-0.05, 0) is 29.3 Å². The van der Waals surface area contributed by atoms with Crippen LogP contribution in [0.25, 0.3) is 11.6 Å². The number of halogens is 3. The molecule has 18 heavy (non-hydrogen) atoms. The van der Waals surface area contributed by atoms with Gasteiger partial charge in [-0.25, -0.2) is 8.78 Å². The van der Waals surface area contributed by atoms with Crippen LogP contribution in [0, 0.1) is 0 Å². The Kier molecular flexibility index (Phi) is 4.11. The van der Waals surface area contributed by atoms with E-state index in [0.29, 0.717) is 16.1 Å². The van der Waals surface area contributed by atoms with E-state index in [1.807, 2.05) is 0 Å². The van der Waals surface area contributed by atoms with Crippen molar-refractivity contribution in [2.24, 2.45) is 0 Å². The lowest BCUT2D eigenvalue weighted by atomic mass is 10.0. The molecule has 0 aliphatic carbocycles. The second-order valence-electron chi connectivity index (χ2n) is 3.82. The summed E-state index contributed by atoms with van der Waals surface area (Å²) in [6, 6.07) is 15.4. The summed E-state index contributed by atoms with van der Waals surface area (Å²) >= 11 is 5.76. The van der Waals surface area contributed by atoms with Gasteiger partial charge in [-0.3, -0.25) is 0 Å². The van der Waals surface area contributed by atoms with Crippen molar-refractivity contribution in [1.82, 2.24) is 0 Å². The summed E-state index contributed by atoms with van der Waals surface area (Å²) in [4.78, 5) is 0. The van der Waals surface area contributed by atoms with Crippen LogP contribution in [0.1, 0.15) is 11.1 Å². The van der Waals surface area contributed by atoms with E-state index >= 15 is 0 Å². The lowest BCUT2D eigenvalue weighted by Crippen LogP contribution is -1.96. The Hall–Kier alpha value is -1.67. The molecule has 0 atom stereocenters. The third kappa shape index (κ3) is 3.17. The molecule has 0 bridgehead atoms. The Morgan fingerprint density at radius 2 is 1.56 bits per heavy atom. The normalized spacial score (nSPS) is 11.9. The van der Waals surface area contributed by atoms with Crippen molar-refractivity contribution in [2.45, 2.75) is 6.43 Å². The Bertz CT molecular complexity index is 530. The molecule has 0 saturated heterocycles. The minimum Gasteiger partial charge on any atom is -0.205 e. The molecular formula is C15H11ClF2. The lowest BCUT2D eigenvalue weighted by Gasteiger charge is -2.07. The molecule has 0 nitrogen and oxygen atoms in total. The number of allylic oxidation sites excluding steroid dienone is 1. The van der Waals surface area contributed by atoms with E-state index in [4.69, 9.17) is 11.6 Å². The highest BCUT2D eigenvalue weighted by Crippen LogP contribution is 2.25. The van der Waals surface area contributed by atoms with Gasteiger partial charge < -0.3 is 0 Å². The topological polar surface area (TPSA) is 0 Å². The van der Waals surface area contributed by atoms with Crippen molar-refractivity contribution in [2.75, 3.05) is 0 Å². The van der Waals surface area contributed by atoms with Crippen molar-refractivity contribution in [1.29, 1.82) is 0 Å². The van der Waals surface area contributed by atoms with Crippen molar-refractivity contribution in [3.63, 3.8) is 0 Å². The fourth-order valence-corrected chi connectivity index (χ4v) is 1.77. The van der Waals surface area contributed by atoms with Gasteiger partial charge in [-0.1, -0.05) is 54.1 Å². The molecule has 92 valence electrons. The zero-order chi connectivity index (χ0) is 13.0. The van der Waals surface area contributed by atoms with Crippen LogP contribution in [-0.2, 0) is 0 Å². The maximum Gasteiger partial charge on any atom is 0.264 e. The first-order valence-corrected chi connectivity index (χ1v) is 5.85. The van der Waals surface area contributed by atoms with E-state index in [1.54, 1.807) is 54.6 Å². The summed E-state index contributed by atoms with van der Waals surface area (Å²) < 4.78 is 26.1. The monoisotopic (exact) mass is 264 g/mol. The first kappa shape index (κ1) is 12.8. The smallest absolute Gasteiger partial charge is 0.205 e. The summed E-state index contributed by atoms with van der Waals surface area (Å²) in [6.45, 7) is 0. The average Bonchev–Trinajstić information content (AvgIpc) is 2.38. The second-order valence-corrected chi connectivity index (χ2v) is 4.25. The van der Waals surface area contributed by atoms with E-state index in [-0.39, 0.29) is 5.57 Å². The number of rotatable bonds is 3. The third-order valence-corrected chi connectivity index (χ3v) is 2.79. The lowest BCUT2D eigenvalue weighted by molar-refractivity contribution is 0.216. The van der Waals surface area contributed by atoms with E-state index in [0.717, 1.165) is 0 Å². The van der Waals surface area contributed by atoms with Crippen LogP contribution in [-0.4, -0.2) is 6.43 Å². The molecule has 0 N–H and O–H groups in total. The number of benzene rings is 2. The molecule has 0 aliphatic rings. The molecular weight excluding hydrogens is 254 g/mol. The van der Waals surface area contributed by atoms with Crippen molar-refractivity contribution in [3.05, 3.63) is 70.7 Å². The molecule has 0 amide bonds. The van der Waals surface area contributed by atoms with Crippen molar-refractivity contribution < 1.29 is 8.78 Å². The Labute approximate surface area is 110 Å². The zero-order valence-corrected chi connectivity index (χ0v) is 10.2. The molecule has 0 unspecified atom stereocenters. The van der Waals surface area contributed by atoms with Crippen molar-refractivity contribution >= 4 is 23.3 Å². The molecule has 0 aliphatic heterocycles. The summed E-state index contributed by atoms with van der Waals surface area (Å²) in [6.07, 6.45) is -1.03. The van der Waals surface area contributed by atoms with Gasteiger partial charge in [-0.2, -0.15) is 0 Å². The van der Waals surface area contributed by atoms with Gasteiger partial charge in [0.15, 0.2) is 0 Å². The number of alkyl halides is 2. The predicted octanol–water partition coefficient (Wildman–Crippen LogP) is 5.15. The summed E-state index contributed by atoms with van der Waals surface area (Å²) in [5.74, 6) is 0. The Morgan fingerprint density at radius 1 is 0.944 bits per heavy atom. The molecule has 2 aromatic carbocycles. The third-order valence-electron chi connectivity index (χ3n) is 2.53. The summed E-state index contributed by atoms with van der Waals surface area (Å²) in [7, 11) is 0. The van der Waals surface area contributed by atoms with Crippen LogP contribution in [0.15, 0.2) is 54.6 Å². The summed E-state index contributed by atoms with van der Waals surface area (Å²) in [5, 5.41) is 0.588. The minimum absolute atomic E-state index is 0.0120. The average molecular weight is 265 g/mol. The highest BCUT2D eigenvalue weighted by atomic mass is 35.5. The van der Waals surface area contributed by atoms with Gasteiger partial charge in [0.2, 0.25) is 0 Å². The van der Waals surface area contributed by atoms with Gasteiger partial charge in [0.1, 0.15) is 0 Å². The fourth-order valence-electron chi connectivity index (χ4n) is 1.64. The Balaban J connectivity index is 2.39. The standard InChI is InChI=1S/C15H11ClF2/c16-13-8-6-11(7-9-13)10-14(15(17)18)12-4-2-1-3-5-12/h1-10,15H/b14-10+. The first-order valence-electron chi connectivity index (χ1n) is 5.47. The van der Waals surface area contributed by atoms with Gasteiger partial charge >= 0.3 is 0 Å². The highest BCUT2D eigenvalue weighted by Gasteiger charge is 2.12. The molecule has 0 saturated carbocycles. The van der Waals surface area contributed by atoms with Crippen LogP contribution >= 0.6 is 11.6 Å². The van der Waals surface area contributed by atoms with E-state index in [1.165, 1.54) is 6.08 Å². The van der Waals surface area contributed by atoms with Crippen molar-refractivity contribution in [3.8, 4) is 0 Å². The number of hydrogen-bond acceptors (Lipinski definition) is 0. The van der Waals surface area contributed by atoms with E-state index in [2.05, 4.69) is 0 Å². The molecule has 2 rings (SSSR count). The number of hydrogen-bond donors (Lipinski definition) is 0. The van der Waals surface area contributed by atoms with E-state index < -0.39 is 6.43 Å². The molecule has 3 heteroatoms. The highest BCUT2D eigenvalue weighted by molar-refractivity contribution is 6.30. The molecule has 2 aromatic rings. The fraction of sp³-hybridized carbons (Fsp3) is 0.0667. The molecule has 0 fully saturated rings. The molecule has 0 aromatic heterocycles. The quantitative estimate of drug-likeness (QED) is 0.673. The summed E-state index contributed by atoms with van der Waals surface area (Å²) in [5.41, 5.74) is 1.25. The van der Waals surface area contributed by atoms with Crippen LogP contribution in [0.2, 0.25) is 5.02 Å². The Morgan fingerprint density at radius 3 is 2.11 bits per heavy atom. The van der Waals surface area contributed by atoms with Crippen LogP contribution in [0.5, 0.6) is 0 Å². The molecule has 0 radical (unpaired) electrons. The SMILES string of the molecule is FC(F)/C(=C/c1ccc(Cl)cc1)c1ccccc1. The molecule has 0 spiro atoms. The van der Waals surface area contributed by atoms with Crippen LogP contribution in [0.3, 0.4) is 0 Å². The second kappa shape index (κ2) is 5.78. The molecule has 0 heterocycles. The predicted molar refractivity (Wildman–Crippen MR) is 71.8 cm³/mol. The minimum atomic E-state index is -2.51. The largest absolute Gasteiger partial charge is 0.264 e. The zero-order valence-electron chi connectivity index (χ0n) is 9.48. The maximum atomic E-state index is 13.1. The van der Waals surface area contributed by atoms with Crippen LogP contribution < -0.4 is 0 Å². The first-order chi connectivity index (χ1) is 8.66. The van der Waals surface area contributed by atoms with Gasteiger partial charge in [0.05, 0.1) is 0 Å². The van der Waals surface area contributed by atoms with Gasteiger partial charge in [0, 0.05) is 10.6 Å². The van der Waals surface area contributed by atoms with Crippen LogP contribution in [0.4, 0.5) is 8.78 Å².